The summed E-state index contributed by atoms with van der Waals surface area (Å²) in [5, 5.41) is 12.4. The molecule has 0 unspecified atom stereocenters. The zero-order valence-corrected chi connectivity index (χ0v) is 15.4. The fourth-order valence-electron chi connectivity index (χ4n) is 2.30. The fourth-order valence-corrected chi connectivity index (χ4v) is 3.89. The molecule has 2 N–H and O–H groups in total. The standard InChI is InChI=1S/C18H18F3NO4S/c1-12-6-8-15(9-7-12)27(25,26)11-17(2,24)16(23)22-14-5-3-4-13(10-14)18(19,20)21/h3-10,24H,11H2,1-2H3,(H,22,23)/t17-/m1/s1. The highest BCUT2D eigenvalue weighted by Gasteiger charge is 2.37. The van der Waals surface area contributed by atoms with Crippen LogP contribution in [0.3, 0.4) is 0 Å². The molecular weight excluding hydrogens is 383 g/mol. The molecule has 2 aromatic carbocycles. The van der Waals surface area contributed by atoms with Crippen molar-refractivity contribution in [3.8, 4) is 0 Å². The molecule has 0 spiro atoms. The predicted octanol–water partition coefficient (Wildman–Crippen LogP) is 3.18. The highest BCUT2D eigenvalue weighted by molar-refractivity contribution is 7.91. The van der Waals surface area contributed by atoms with Gasteiger partial charge in [0.25, 0.3) is 5.91 Å². The van der Waals surface area contributed by atoms with Crippen molar-refractivity contribution in [2.75, 3.05) is 11.1 Å². The summed E-state index contributed by atoms with van der Waals surface area (Å²) < 4.78 is 63.0. The summed E-state index contributed by atoms with van der Waals surface area (Å²) in [5.41, 5.74) is -2.70. The van der Waals surface area contributed by atoms with Crippen molar-refractivity contribution in [1.82, 2.24) is 0 Å². The number of aliphatic hydroxyl groups is 1. The average Bonchev–Trinajstić information content (AvgIpc) is 2.53. The smallest absolute Gasteiger partial charge is 0.379 e. The van der Waals surface area contributed by atoms with E-state index >= 15 is 0 Å². The average molecular weight is 401 g/mol. The number of hydrogen-bond donors (Lipinski definition) is 2. The Morgan fingerprint density at radius 1 is 1.11 bits per heavy atom. The molecular formula is C18H18F3NO4S. The summed E-state index contributed by atoms with van der Waals surface area (Å²) in [7, 11) is -3.99. The number of rotatable bonds is 5. The molecule has 0 fully saturated rings. The number of nitrogens with one attached hydrogen (secondary N) is 1. The van der Waals surface area contributed by atoms with E-state index < -0.39 is 38.8 Å². The van der Waals surface area contributed by atoms with Gasteiger partial charge in [-0.2, -0.15) is 13.2 Å². The molecule has 0 saturated heterocycles. The number of carbonyl (C=O) groups excluding carboxylic acids is 1. The molecule has 0 aliphatic heterocycles. The minimum absolute atomic E-state index is 0.0692. The summed E-state index contributed by atoms with van der Waals surface area (Å²) in [6, 6.07) is 9.68. The minimum atomic E-state index is -4.60. The highest BCUT2D eigenvalue weighted by atomic mass is 32.2. The van der Waals surface area contributed by atoms with E-state index in [9.17, 15) is 31.5 Å². The third-order valence-corrected chi connectivity index (χ3v) is 5.72. The molecule has 9 heteroatoms. The fraction of sp³-hybridized carbons (Fsp3) is 0.278. The number of anilines is 1. The quantitative estimate of drug-likeness (QED) is 0.806. The molecule has 2 aromatic rings. The SMILES string of the molecule is Cc1ccc(S(=O)(=O)C[C@@](C)(O)C(=O)Nc2cccc(C(F)(F)F)c2)cc1. The molecule has 1 atom stereocenters. The van der Waals surface area contributed by atoms with Crippen LogP contribution in [0.15, 0.2) is 53.4 Å². The lowest BCUT2D eigenvalue weighted by Crippen LogP contribution is -2.45. The topological polar surface area (TPSA) is 83.5 Å². The number of aryl methyl sites for hydroxylation is 1. The largest absolute Gasteiger partial charge is 0.416 e. The first kappa shape index (κ1) is 20.9. The Balaban J connectivity index is 2.19. The van der Waals surface area contributed by atoms with E-state index in [-0.39, 0.29) is 10.6 Å². The Labute approximate surface area is 154 Å². The normalized spacial score (nSPS) is 14.4. The molecule has 1 amide bonds. The third kappa shape index (κ3) is 5.30. The monoisotopic (exact) mass is 401 g/mol. The Bertz CT molecular complexity index is 936. The molecule has 146 valence electrons. The molecule has 0 heterocycles. The summed E-state index contributed by atoms with van der Waals surface area (Å²) in [6.07, 6.45) is -4.60. The molecule has 0 radical (unpaired) electrons. The number of carbonyl (C=O) groups is 1. The van der Waals surface area contributed by atoms with E-state index in [0.29, 0.717) is 6.07 Å². The Kier molecular flexibility index (Phi) is 5.67. The number of amides is 1. The summed E-state index contributed by atoms with van der Waals surface area (Å²) in [6.45, 7) is 2.76. The van der Waals surface area contributed by atoms with Crippen molar-refractivity contribution < 1.29 is 31.5 Å². The number of halogens is 3. The molecule has 0 aliphatic carbocycles. The first-order chi connectivity index (χ1) is 12.3. The van der Waals surface area contributed by atoms with E-state index in [1.807, 2.05) is 0 Å². The number of benzene rings is 2. The maximum absolute atomic E-state index is 12.7. The van der Waals surface area contributed by atoms with Gasteiger partial charge in [0.2, 0.25) is 0 Å². The summed E-state index contributed by atoms with van der Waals surface area (Å²) >= 11 is 0. The van der Waals surface area contributed by atoms with Crippen LogP contribution in [0.25, 0.3) is 0 Å². The second kappa shape index (κ2) is 7.32. The zero-order chi connectivity index (χ0) is 20.5. The first-order valence-corrected chi connectivity index (χ1v) is 9.47. The van der Waals surface area contributed by atoms with Crippen molar-refractivity contribution in [1.29, 1.82) is 0 Å². The second-order valence-corrected chi connectivity index (χ2v) is 8.37. The van der Waals surface area contributed by atoms with E-state index in [4.69, 9.17) is 0 Å². The van der Waals surface area contributed by atoms with Crippen molar-refractivity contribution in [3.05, 3.63) is 59.7 Å². The molecule has 27 heavy (non-hydrogen) atoms. The van der Waals surface area contributed by atoms with Crippen molar-refractivity contribution >= 4 is 21.4 Å². The number of sulfone groups is 1. The van der Waals surface area contributed by atoms with Crippen LogP contribution in [-0.4, -0.2) is 30.8 Å². The van der Waals surface area contributed by atoms with Gasteiger partial charge in [0, 0.05) is 5.69 Å². The Hall–Kier alpha value is -2.39. The van der Waals surface area contributed by atoms with Crippen molar-refractivity contribution in [2.24, 2.45) is 0 Å². The number of hydrogen-bond acceptors (Lipinski definition) is 4. The van der Waals surface area contributed by atoms with Gasteiger partial charge < -0.3 is 10.4 Å². The maximum atomic E-state index is 12.7. The molecule has 2 rings (SSSR count). The second-order valence-electron chi connectivity index (χ2n) is 6.38. The van der Waals surface area contributed by atoms with Crippen LogP contribution < -0.4 is 5.32 Å². The van der Waals surface area contributed by atoms with Crippen LogP contribution in [0, 0.1) is 6.92 Å². The molecule has 0 aliphatic rings. The third-order valence-electron chi connectivity index (χ3n) is 3.79. The van der Waals surface area contributed by atoms with Crippen LogP contribution in [0.2, 0.25) is 0 Å². The summed E-state index contributed by atoms with van der Waals surface area (Å²) in [5.74, 6) is -2.05. The van der Waals surface area contributed by atoms with E-state index in [2.05, 4.69) is 5.32 Å². The van der Waals surface area contributed by atoms with Gasteiger partial charge in [0.1, 0.15) is 0 Å². The molecule has 0 bridgehead atoms. The van der Waals surface area contributed by atoms with Crippen LogP contribution in [0.4, 0.5) is 18.9 Å². The van der Waals surface area contributed by atoms with Crippen molar-refractivity contribution in [2.45, 2.75) is 30.5 Å². The minimum Gasteiger partial charge on any atom is -0.379 e. The van der Waals surface area contributed by atoms with Gasteiger partial charge in [-0.3, -0.25) is 4.79 Å². The van der Waals surface area contributed by atoms with E-state index in [0.717, 1.165) is 24.6 Å². The van der Waals surface area contributed by atoms with Gasteiger partial charge in [-0.25, -0.2) is 8.42 Å². The van der Waals surface area contributed by atoms with Crippen LogP contribution in [0.5, 0.6) is 0 Å². The van der Waals surface area contributed by atoms with Gasteiger partial charge in [-0.1, -0.05) is 23.8 Å². The van der Waals surface area contributed by atoms with Gasteiger partial charge in [0.15, 0.2) is 15.4 Å². The predicted molar refractivity (Wildman–Crippen MR) is 93.9 cm³/mol. The Morgan fingerprint density at radius 2 is 1.70 bits per heavy atom. The highest BCUT2D eigenvalue weighted by Crippen LogP contribution is 2.31. The number of alkyl halides is 3. The van der Waals surface area contributed by atoms with Crippen molar-refractivity contribution in [3.63, 3.8) is 0 Å². The maximum Gasteiger partial charge on any atom is 0.416 e. The van der Waals surface area contributed by atoms with Crippen LogP contribution in [0.1, 0.15) is 18.1 Å². The molecule has 5 nitrogen and oxygen atoms in total. The van der Waals surface area contributed by atoms with Gasteiger partial charge >= 0.3 is 6.18 Å². The van der Waals surface area contributed by atoms with Crippen LogP contribution >= 0.6 is 0 Å². The lowest BCUT2D eigenvalue weighted by molar-refractivity contribution is -0.137. The lowest BCUT2D eigenvalue weighted by atomic mass is 10.1. The van der Waals surface area contributed by atoms with Gasteiger partial charge in [-0.15, -0.1) is 0 Å². The van der Waals surface area contributed by atoms with Gasteiger partial charge in [-0.05, 0) is 44.2 Å². The lowest BCUT2D eigenvalue weighted by Gasteiger charge is -2.22. The molecule has 0 saturated carbocycles. The van der Waals surface area contributed by atoms with E-state index in [1.165, 1.54) is 18.2 Å². The van der Waals surface area contributed by atoms with E-state index in [1.54, 1.807) is 19.1 Å². The molecule has 0 aromatic heterocycles. The van der Waals surface area contributed by atoms with Gasteiger partial charge in [0.05, 0.1) is 16.2 Å². The van der Waals surface area contributed by atoms with Crippen LogP contribution in [-0.2, 0) is 20.8 Å². The zero-order valence-electron chi connectivity index (χ0n) is 14.5. The first-order valence-electron chi connectivity index (χ1n) is 7.82. The Morgan fingerprint density at radius 3 is 2.26 bits per heavy atom. The summed E-state index contributed by atoms with van der Waals surface area (Å²) in [4.78, 5) is 12.2.